The Morgan fingerprint density at radius 3 is 2.27 bits per heavy atom. The SMILES string of the molecule is N#C[C@@H]1CC2C[C@@H]2N1C(=O)[C@@H](NC(=O)OCC1c2ccccc2-c2ccccc21)C12CC3CC(CC(O)(C3)C1)C2. The van der Waals surface area contributed by atoms with Crippen molar-refractivity contribution in [2.45, 2.75) is 81.0 Å². The van der Waals surface area contributed by atoms with E-state index < -0.39 is 29.2 Å². The summed E-state index contributed by atoms with van der Waals surface area (Å²) < 4.78 is 5.91. The number of hydrogen-bond acceptors (Lipinski definition) is 5. The van der Waals surface area contributed by atoms with Crippen LogP contribution in [-0.4, -0.2) is 52.3 Å². The lowest BCUT2D eigenvalue weighted by Crippen LogP contribution is -2.66. The molecule has 6 fully saturated rings. The highest BCUT2D eigenvalue weighted by Crippen LogP contribution is 2.63. The fourth-order valence-corrected chi connectivity index (χ4v) is 9.89. The summed E-state index contributed by atoms with van der Waals surface area (Å²) in [7, 11) is 0. The van der Waals surface area contributed by atoms with Gasteiger partial charge in [0, 0.05) is 17.4 Å². The molecule has 0 radical (unpaired) electrons. The lowest BCUT2D eigenvalue weighted by atomic mass is 9.46. The zero-order chi connectivity index (χ0) is 27.2. The number of hydrogen-bond donors (Lipinski definition) is 2. The van der Waals surface area contributed by atoms with Crippen molar-refractivity contribution in [3.8, 4) is 17.2 Å². The van der Waals surface area contributed by atoms with Crippen LogP contribution in [0.5, 0.6) is 0 Å². The number of nitrogens with one attached hydrogen (secondary N) is 1. The summed E-state index contributed by atoms with van der Waals surface area (Å²) in [5.74, 6) is 0.899. The molecule has 4 bridgehead atoms. The highest BCUT2D eigenvalue weighted by Gasteiger charge is 2.64. The van der Waals surface area contributed by atoms with Gasteiger partial charge in [0.25, 0.3) is 0 Å². The van der Waals surface area contributed by atoms with Gasteiger partial charge in [0.1, 0.15) is 18.7 Å². The number of amides is 2. The van der Waals surface area contributed by atoms with Crippen molar-refractivity contribution in [3.63, 3.8) is 0 Å². The van der Waals surface area contributed by atoms with Gasteiger partial charge in [-0.2, -0.15) is 5.26 Å². The zero-order valence-corrected chi connectivity index (χ0v) is 22.6. The Labute approximate surface area is 234 Å². The highest BCUT2D eigenvalue weighted by molar-refractivity contribution is 5.88. The molecule has 5 saturated carbocycles. The Bertz CT molecular complexity index is 1390. The number of aliphatic hydroxyl groups is 1. The lowest BCUT2D eigenvalue weighted by Gasteiger charge is -2.62. The molecule has 2 aromatic carbocycles. The van der Waals surface area contributed by atoms with Crippen molar-refractivity contribution in [1.82, 2.24) is 10.2 Å². The molecule has 2 N–H and O–H groups in total. The summed E-state index contributed by atoms with van der Waals surface area (Å²) in [5, 5.41) is 24.4. The van der Waals surface area contributed by atoms with Gasteiger partial charge in [-0.05, 0) is 91.4 Å². The number of benzene rings is 2. The Morgan fingerprint density at radius 2 is 1.65 bits per heavy atom. The number of nitrogens with zero attached hydrogens (tertiary/aromatic N) is 2. The molecule has 1 aliphatic heterocycles. The molecule has 1 saturated heterocycles. The van der Waals surface area contributed by atoms with Crippen LogP contribution in [0.25, 0.3) is 11.1 Å². The average molecular weight is 538 g/mol. The topological polar surface area (TPSA) is 103 Å². The number of carbonyl (C=O) groups is 2. The van der Waals surface area contributed by atoms with E-state index in [-0.39, 0.29) is 24.5 Å². The summed E-state index contributed by atoms with van der Waals surface area (Å²) in [6, 6.07) is 17.7. The lowest BCUT2D eigenvalue weighted by molar-refractivity contribution is -0.180. The number of alkyl carbamates (subject to hydrolysis) is 1. The third kappa shape index (κ3) is 3.65. The number of ether oxygens (including phenoxy) is 1. The molecular weight excluding hydrogens is 502 g/mol. The molecule has 2 aromatic rings. The maximum atomic E-state index is 14.3. The molecule has 0 spiro atoms. The summed E-state index contributed by atoms with van der Waals surface area (Å²) in [5.41, 5.74) is 3.33. The molecular formula is C33H35N3O4. The summed E-state index contributed by atoms with van der Waals surface area (Å²) in [4.78, 5) is 29.6. The smallest absolute Gasteiger partial charge is 0.407 e. The van der Waals surface area contributed by atoms with E-state index in [4.69, 9.17) is 4.74 Å². The molecule has 6 atom stereocenters. The van der Waals surface area contributed by atoms with Gasteiger partial charge < -0.3 is 20.1 Å². The molecule has 206 valence electrons. The van der Waals surface area contributed by atoms with Gasteiger partial charge in [0.15, 0.2) is 0 Å². The van der Waals surface area contributed by atoms with Crippen molar-refractivity contribution in [1.29, 1.82) is 5.26 Å². The Morgan fingerprint density at radius 1 is 1.00 bits per heavy atom. The van der Waals surface area contributed by atoms with Crippen LogP contribution < -0.4 is 5.32 Å². The van der Waals surface area contributed by atoms with E-state index in [0.717, 1.165) is 60.8 Å². The van der Waals surface area contributed by atoms with Gasteiger partial charge in [0.2, 0.25) is 5.91 Å². The molecule has 7 aliphatic rings. The minimum atomic E-state index is -0.796. The van der Waals surface area contributed by atoms with E-state index in [2.05, 4.69) is 35.7 Å². The summed E-state index contributed by atoms with van der Waals surface area (Å²) in [6.07, 6.45) is 5.88. The number of nitriles is 1. The van der Waals surface area contributed by atoms with Gasteiger partial charge in [-0.1, -0.05) is 48.5 Å². The Kier molecular flexibility index (Phi) is 5.23. The van der Waals surface area contributed by atoms with Crippen molar-refractivity contribution >= 4 is 12.0 Å². The predicted molar refractivity (Wildman–Crippen MR) is 147 cm³/mol. The minimum absolute atomic E-state index is 0.0682. The van der Waals surface area contributed by atoms with Crippen LogP contribution in [0, 0.1) is 34.5 Å². The van der Waals surface area contributed by atoms with E-state index in [0.29, 0.717) is 30.6 Å². The monoisotopic (exact) mass is 537 g/mol. The fourth-order valence-electron chi connectivity index (χ4n) is 9.89. The first kappa shape index (κ1) is 24.4. The van der Waals surface area contributed by atoms with Crippen LogP contribution in [0.3, 0.4) is 0 Å². The van der Waals surface area contributed by atoms with E-state index in [1.807, 2.05) is 24.3 Å². The number of fused-ring (bicyclic) bond motifs is 4. The van der Waals surface area contributed by atoms with Gasteiger partial charge in [-0.3, -0.25) is 4.79 Å². The molecule has 40 heavy (non-hydrogen) atoms. The van der Waals surface area contributed by atoms with Crippen molar-refractivity contribution in [3.05, 3.63) is 59.7 Å². The summed E-state index contributed by atoms with van der Waals surface area (Å²) in [6.45, 7) is 0.179. The highest BCUT2D eigenvalue weighted by atomic mass is 16.5. The fraction of sp³-hybridized carbons (Fsp3) is 0.545. The maximum Gasteiger partial charge on any atom is 0.407 e. The first-order valence-electron chi connectivity index (χ1n) is 14.9. The van der Waals surface area contributed by atoms with Gasteiger partial charge in [-0.25, -0.2) is 4.79 Å². The predicted octanol–water partition coefficient (Wildman–Crippen LogP) is 4.74. The van der Waals surface area contributed by atoms with E-state index in [9.17, 15) is 20.0 Å². The first-order valence-corrected chi connectivity index (χ1v) is 14.9. The second-order valence-electron chi connectivity index (χ2n) is 13.6. The van der Waals surface area contributed by atoms with Crippen LogP contribution in [0.15, 0.2) is 48.5 Å². The van der Waals surface area contributed by atoms with E-state index in [1.165, 1.54) is 0 Å². The molecule has 7 nitrogen and oxygen atoms in total. The third-order valence-corrected chi connectivity index (χ3v) is 11.0. The molecule has 6 aliphatic carbocycles. The number of carbonyl (C=O) groups excluding carboxylic acids is 2. The molecule has 1 heterocycles. The van der Waals surface area contributed by atoms with Gasteiger partial charge in [-0.15, -0.1) is 0 Å². The van der Waals surface area contributed by atoms with E-state index in [1.54, 1.807) is 4.90 Å². The molecule has 9 rings (SSSR count). The van der Waals surface area contributed by atoms with Crippen molar-refractivity contribution in [2.24, 2.45) is 23.2 Å². The molecule has 0 aromatic heterocycles. The zero-order valence-electron chi connectivity index (χ0n) is 22.6. The van der Waals surface area contributed by atoms with Crippen LogP contribution in [0.1, 0.15) is 68.4 Å². The van der Waals surface area contributed by atoms with Crippen LogP contribution >= 0.6 is 0 Å². The second kappa shape index (κ2) is 8.57. The summed E-state index contributed by atoms with van der Waals surface area (Å²) >= 11 is 0. The Balaban J connectivity index is 1.07. The Hall–Kier alpha value is -3.37. The van der Waals surface area contributed by atoms with E-state index >= 15 is 0 Å². The largest absolute Gasteiger partial charge is 0.449 e. The molecule has 2 amide bonds. The van der Waals surface area contributed by atoms with Crippen LogP contribution in [-0.2, 0) is 9.53 Å². The van der Waals surface area contributed by atoms with Crippen molar-refractivity contribution in [2.75, 3.05) is 6.61 Å². The normalized spacial score (nSPS) is 36.8. The first-order chi connectivity index (χ1) is 19.4. The quantitative estimate of drug-likeness (QED) is 0.574. The maximum absolute atomic E-state index is 14.3. The van der Waals surface area contributed by atoms with Gasteiger partial charge in [0.05, 0.1) is 11.7 Å². The number of rotatable bonds is 5. The number of piperidine rings is 1. The average Bonchev–Trinajstić information content (AvgIpc) is 3.47. The minimum Gasteiger partial charge on any atom is -0.449 e. The molecule has 7 heteroatoms. The van der Waals surface area contributed by atoms with Crippen LogP contribution in [0.2, 0.25) is 0 Å². The standard InChI is InChI=1S/C33H35N3O4/c34-16-22-10-21-11-28(21)36(22)30(37)29(32-12-19-9-20(13-32)15-33(39,14-19)18-32)35-31(38)40-17-27-25-7-3-1-5-23(25)24-6-2-4-8-26(24)27/h1-8,19-22,27-29,39H,9-15,17-18H2,(H,35,38)/t19?,20?,21?,22-,28-,29+,32?,33?/m0/s1. The number of likely N-dealkylation sites (tertiary alicyclic amines) is 1. The van der Waals surface area contributed by atoms with Crippen molar-refractivity contribution < 1.29 is 19.4 Å². The third-order valence-electron chi connectivity index (χ3n) is 11.0. The second-order valence-corrected chi connectivity index (χ2v) is 13.6. The van der Waals surface area contributed by atoms with Crippen LogP contribution in [0.4, 0.5) is 4.79 Å². The van der Waals surface area contributed by atoms with Gasteiger partial charge >= 0.3 is 6.09 Å². The molecule has 3 unspecified atom stereocenters.